The van der Waals surface area contributed by atoms with E-state index < -0.39 is 0 Å². The second-order valence-electron chi connectivity index (χ2n) is 5.84. The summed E-state index contributed by atoms with van der Waals surface area (Å²) < 4.78 is 12.8. The molecule has 0 saturated heterocycles. The molecule has 2 rings (SSSR count). The molecular formula is C17H24FNO2S. The second kappa shape index (κ2) is 9.16. The van der Waals surface area contributed by atoms with Gasteiger partial charge in [0.25, 0.3) is 0 Å². The van der Waals surface area contributed by atoms with Gasteiger partial charge in [-0.2, -0.15) is 11.8 Å². The van der Waals surface area contributed by atoms with Gasteiger partial charge in [0.1, 0.15) is 5.82 Å². The standard InChI is InChI=1S/C17H24FNO2S/c18-15-7-5-13(6-8-15)12-22-10-2-9-19-17(21)14-3-1-4-16(20)11-14/h5-8,14,16,20H,1-4,9-12H2,(H,19,21)/t14-,16+/m0/s1. The van der Waals surface area contributed by atoms with Crippen molar-refractivity contribution in [3.8, 4) is 0 Å². The zero-order chi connectivity index (χ0) is 15.8. The van der Waals surface area contributed by atoms with E-state index in [1.54, 1.807) is 23.9 Å². The fraction of sp³-hybridized carbons (Fsp3) is 0.588. The van der Waals surface area contributed by atoms with Gasteiger partial charge in [0, 0.05) is 18.2 Å². The quantitative estimate of drug-likeness (QED) is 0.757. The van der Waals surface area contributed by atoms with Crippen LogP contribution in [0.25, 0.3) is 0 Å². The molecule has 22 heavy (non-hydrogen) atoms. The number of thioether (sulfide) groups is 1. The predicted molar refractivity (Wildman–Crippen MR) is 88.2 cm³/mol. The van der Waals surface area contributed by atoms with Crippen molar-refractivity contribution in [1.29, 1.82) is 0 Å². The fourth-order valence-corrected chi connectivity index (χ4v) is 3.62. The van der Waals surface area contributed by atoms with E-state index >= 15 is 0 Å². The van der Waals surface area contributed by atoms with E-state index in [2.05, 4.69) is 5.32 Å². The minimum absolute atomic E-state index is 0.0179. The first-order valence-electron chi connectivity index (χ1n) is 7.93. The van der Waals surface area contributed by atoms with E-state index in [1.165, 1.54) is 12.1 Å². The molecule has 0 radical (unpaired) electrons. The molecule has 3 nitrogen and oxygen atoms in total. The van der Waals surface area contributed by atoms with E-state index in [0.29, 0.717) is 13.0 Å². The monoisotopic (exact) mass is 325 g/mol. The number of aliphatic hydroxyl groups is 1. The highest BCUT2D eigenvalue weighted by Gasteiger charge is 2.25. The molecule has 1 saturated carbocycles. The van der Waals surface area contributed by atoms with Crippen LogP contribution in [0.4, 0.5) is 4.39 Å². The van der Waals surface area contributed by atoms with E-state index in [-0.39, 0.29) is 23.7 Å². The number of amides is 1. The summed E-state index contributed by atoms with van der Waals surface area (Å²) in [5.74, 6) is 1.69. The lowest BCUT2D eigenvalue weighted by Gasteiger charge is -2.24. The van der Waals surface area contributed by atoms with Crippen molar-refractivity contribution in [2.24, 2.45) is 5.92 Å². The van der Waals surface area contributed by atoms with Gasteiger partial charge < -0.3 is 10.4 Å². The van der Waals surface area contributed by atoms with E-state index in [0.717, 1.165) is 42.8 Å². The lowest BCUT2D eigenvalue weighted by Crippen LogP contribution is -2.35. The Labute approximate surface area is 135 Å². The summed E-state index contributed by atoms with van der Waals surface area (Å²) in [6.07, 6.45) is 3.87. The van der Waals surface area contributed by atoms with Crippen LogP contribution in [-0.4, -0.2) is 29.4 Å². The highest BCUT2D eigenvalue weighted by molar-refractivity contribution is 7.98. The molecular weight excluding hydrogens is 301 g/mol. The third-order valence-corrected chi connectivity index (χ3v) is 5.08. The summed E-state index contributed by atoms with van der Waals surface area (Å²) in [6, 6.07) is 6.57. The van der Waals surface area contributed by atoms with Crippen LogP contribution in [0, 0.1) is 11.7 Å². The molecule has 1 aromatic carbocycles. The molecule has 0 bridgehead atoms. The zero-order valence-electron chi connectivity index (χ0n) is 12.8. The van der Waals surface area contributed by atoms with Crippen molar-refractivity contribution in [2.45, 2.75) is 44.0 Å². The van der Waals surface area contributed by atoms with Gasteiger partial charge >= 0.3 is 0 Å². The van der Waals surface area contributed by atoms with Gasteiger partial charge in [-0.05, 0) is 49.1 Å². The van der Waals surface area contributed by atoms with Gasteiger partial charge in [-0.25, -0.2) is 4.39 Å². The topological polar surface area (TPSA) is 49.3 Å². The van der Waals surface area contributed by atoms with Gasteiger partial charge in [0.15, 0.2) is 0 Å². The summed E-state index contributed by atoms with van der Waals surface area (Å²) in [5, 5.41) is 12.6. The van der Waals surface area contributed by atoms with E-state index in [9.17, 15) is 14.3 Å². The molecule has 5 heteroatoms. The summed E-state index contributed by atoms with van der Waals surface area (Å²) in [4.78, 5) is 12.0. The highest BCUT2D eigenvalue weighted by atomic mass is 32.2. The first-order valence-corrected chi connectivity index (χ1v) is 9.08. The Hall–Kier alpha value is -1.07. The lowest BCUT2D eigenvalue weighted by molar-refractivity contribution is -0.127. The van der Waals surface area contributed by atoms with Crippen molar-refractivity contribution in [2.75, 3.05) is 12.3 Å². The van der Waals surface area contributed by atoms with Crippen molar-refractivity contribution >= 4 is 17.7 Å². The van der Waals surface area contributed by atoms with E-state index in [1.807, 2.05) is 0 Å². The average Bonchev–Trinajstić information content (AvgIpc) is 2.52. The Bertz CT molecular complexity index is 466. The van der Waals surface area contributed by atoms with Gasteiger partial charge in [-0.1, -0.05) is 18.6 Å². The van der Waals surface area contributed by atoms with Crippen LogP contribution in [0.2, 0.25) is 0 Å². The smallest absolute Gasteiger partial charge is 0.223 e. The van der Waals surface area contributed by atoms with Crippen molar-refractivity contribution < 1.29 is 14.3 Å². The SMILES string of the molecule is O=C(NCCCSCc1ccc(F)cc1)[C@H]1CCC[C@@H](O)C1. The van der Waals surface area contributed by atoms with Crippen LogP contribution in [0.15, 0.2) is 24.3 Å². The van der Waals surface area contributed by atoms with Gasteiger partial charge in [-0.15, -0.1) is 0 Å². The number of nitrogens with one attached hydrogen (secondary N) is 1. The molecule has 122 valence electrons. The third-order valence-electron chi connectivity index (χ3n) is 3.96. The first-order chi connectivity index (χ1) is 10.6. The molecule has 0 aromatic heterocycles. The van der Waals surface area contributed by atoms with Crippen molar-refractivity contribution in [1.82, 2.24) is 5.32 Å². The summed E-state index contributed by atoms with van der Waals surface area (Å²) in [7, 11) is 0. The normalized spacial score (nSPS) is 21.5. The maximum absolute atomic E-state index is 12.8. The molecule has 0 heterocycles. The second-order valence-corrected chi connectivity index (χ2v) is 6.95. The Morgan fingerprint density at radius 1 is 1.32 bits per heavy atom. The summed E-state index contributed by atoms with van der Waals surface area (Å²) in [6.45, 7) is 0.682. The molecule has 0 unspecified atom stereocenters. The third kappa shape index (κ3) is 5.97. The molecule has 2 N–H and O–H groups in total. The largest absolute Gasteiger partial charge is 0.393 e. The Balaban J connectivity index is 1.53. The van der Waals surface area contributed by atoms with Crippen LogP contribution in [0.3, 0.4) is 0 Å². The minimum atomic E-state index is -0.309. The average molecular weight is 325 g/mol. The lowest BCUT2D eigenvalue weighted by atomic mass is 9.87. The maximum atomic E-state index is 12.8. The van der Waals surface area contributed by atoms with Crippen LogP contribution in [-0.2, 0) is 10.5 Å². The zero-order valence-corrected chi connectivity index (χ0v) is 13.6. The molecule has 1 aliphatic carbocycles. The van der Waals surface area contributed by atoms with Crippen molar-refractivity contribution in [3.05, 3.63) is 35.6 Å². The fourth-order valence-electron chi connectivity index (χ4n) is 2.70. The first kappa shape index (κ1) is 17.3. The number of carbonyl (C=O) groups is 1. The molecule has 1 aromatic rings. The predicted octanol–water partition coefficient (Wildman–Crippen LogP) is 3.12. The number of carbonyl (C=O) groups excluding carboxylic acids is 1. The number of hydrogen-bond donors (Lipinski definition) is 2. The molecule has 0 spiro atoms. The molecule has 1 aliphatic rings. The van der Waals surface area contributed by atoms with Crippen LogP contribution in [0.1, 0.15) is 37.7 Å². The number of rotatable bonds is 7. The van der Waals surface area contributed by atoms with Crippen LogP contribution < -0.4 is 5.32 Å². The Kier molecular flexibility index (Phi) is 7.19. The Morgan fingerprint density at radius 3 is 2.82 bits per heavy atom. The molecule has 0 aliphatic heterocycles. The van der Waals surface area contributed by atoms with Crippen LogP contribution in [0.5, 0.6) is 0 Å². The molecule has 1 amide bonds. The summed E-state index contributed by atoms with van der Waals surface area (Å²) in [5.41, 5.74) is 1.12. The van der Waals surface area contributed by atoms with E-state index in [4.69, 9.17) is 0 Å². The van der Waals surface area contributed by atoms with Crippen molar-refractivity contribution in [3.63, 3.8) is 0 Å². The highest BCUT2D eigenvalue weighted by Crippen LogP contribution is 2.24. The number of benzene rings is 1. The van der Waals surface area contributed by atoms with Gasteiger partial charge in [0.2, 0.25) is 5.91 Å². The number of halogens is 1. The van der Waals surface area contributed by atoms with Gasteiger partial charge in [0.05, 0.1) is 6.10 Å². The minimum Gasteiger partial charge on any atom is -0.393 e. The molecule has 2 atom stereocenters. The number of hydrogen-bond acceptors (Lipinski definition) is 3. The Morgan fingerprint density at radius 2 is 2.09 bits per heavy atom. The van der Waals surface area contributed by atoms with Crippen LogP contribution >= 0.6 is 11.8 Å². The maximum Gasteiger partial charge on any atom is 0.223 e. The molecule has 1 fully saturated rings. The summed E-state index contributed by atoms with van der Waals surface area (Å²) >= 11 is 1.79. The van der Waals surface area contributed by atoms with Gasteiger partial charge in [-0.3, -0.25) is 4.79 Å². The number of aliphatic hydroxyl groups excluding tert-OH is 1.